The largest absolute Gasteiger partial charge is 0.497 e. The molecule has 1 aromatic rings. The molecule has 0 bridgehead atoms. The van der Waals surface area contributed by atoms with Crippen LogP contribution < -0.4 is 0 Å². The molecule has 0 amide bonds. The molecule has 0 saturated carbocycles. The minimum absolute atomic E-state index is 0.0806. The molecule has 0 aliphatic rings. The number of benzene rings is 1. The van der Waals surface area contributed by atoms with Crippen molar-refractivity contribution in [2.24, 2.45) is 5.92 Å². The lowest BCUT2D eigenvalue weighted by Crippen LogP contribution is -2.04. The Kier molecular flexibility index (Phi) is 3.85. The van der Waals surface area contributed by atoms with E-state index in [2.05, 4.69) is 0 Å². The molecule has 7 nitrogen and oxygen atoms in total. The number of nitro groups is 2. The zero-order valence-corrected chi connectivity index (χ0v) is 10.3. The molecule has 1 rings (SSSR count). The predicted octanol–water partition coefficient (Wildman–Crippen LogP) is 2.97. The Bertz CT molecular complexity index is 463. The maximum atomic E-state index is 10.8. The molecule has 0 radical (unpaired) electrons. The fraction of sp³-hybridized carbons (Fsp3) is 0.455. The molecule has 0 spiro atoms. The Morgan fingerprint density at radius 1 is 1.06 bits per heavy atom. The van der Waals surface area contributed by atoms with Crippen LogP contribution in [0.2, 0.25) is 0 Å². The number of phenols is 1. The van der Waals surface area contributed by atoms with Gasteiger partial charge in [0.2, 0.25) is 0 Å². The molecule has 0 fully saturated rings. The first kappa shape index (κ1) is 13.9. The first-order valence-corrected chi connectivity index (χ1v) is 5.41. The predicted molar refractivity (Wildman–Crippen MR) is 64.7 cm³/mol. The van der Waals surface area contributed by atoms with Crippen molar-refractivity contribution in [3.63, 3.8) is 0 Å². The van der Waals surface area contributed by atoms with E-state index in [4.69, 9.17) is 0 Å². The molecule has 0 aliphatic heterocycles. The number of aromatic hydroxyl groups is 1. The first-order chi connectivity index (χ1) is 8.25. The van der Waals surface area contributed by atoms with E-state index in [1.165, 1.54) is 12.1 Å². The van der Waals surface area contributed by atoms with E-state index in [9.17, 15) is 25.3 Å². The maximum absolute atomic E-state index is 10.8. The molecule has 1 atom stereocenters. The quantitative estimate of drug-likeness (QED) is 0.656. The minimum atomic E-state index is -0.898. The summed E-state index contributed by atoms with van der Waals surface area (Å²) in [7, 11) is 0. The van der Waals surface area contributed by atoms with Crippen LogP contribution in [0.1, 0.15) is 32.3 Å². The van der Waals surface area contributed by atoms with Gasteiger partial charge >= 0.3 is 11.4 Å². The number of nitrogens with zero attached hydrogens (tertiary/aromatic N) is 2. The van der Waals surface area contributed by atoms with Gasteiger partial charge in [-0.1, -0.05) is 20.8 Å². The van der Waals surface area contributed by atoms with E-state index >= 15 is 0 Å². The number of nitro benzene ring substituents is 2. The van der Waals surface area contributed by atoms with Gasteiger partial charge in [0.1, 0.15) is 0 Å². The summed E-state index contributed by atoms with van der Waals surface area (Å²) in [5, 5.41) is 31.0. The lowest BCUT2D eigenvalue weighted by Gasteiger charge is -2.15. The van der Waals surface area contributed by atoms with Crippen LogP contribution in [0.15, 0.2) is 12.1 Å². The van der Waals surface area contributed by atoms with Gasteiger partial charge < -0.3 is 5.11 Å². The lowest BCUT2D eigenvalue weighted by molar-refractivity contribution is -0.396. The third-order valence-electron chi connectivity index (χ3n) is 3.01. The van der Waals surface area contributed by atoms with Gasteiger partial charge in [-0.25, -0.2) is 0 Å². The summed E-state index contributed by atoms with van der Waals surface area (Å²) in [6.45, 7) is 5.65. The second-order valence-corrected chi connectivity index (χ2v) is 4.45. The molecule has 0 aromatic heterocycles. The highest BCUT2D eigenvalue weighted by Gasteiger charge is 2.28. The van der Waals surface area contributed by atoms with Gasteiger partial charge in [-0.15, -0.1) is 0 Å². The number of phenolic OH excluding ortho intramolecular Hbond substituents is 1. The molecule has 1 N–H and O–H groups in total. The molecule has 18 heavy (non-hydrogen) atoms. The van der Waals surface area contributed by atoms with Gasteiger partial charge in [0.05, 0.1) is 9.85 Å². The highest BCUT2D eigenvalue weighted by Crippen LogP contribution is 2.39. The van der Waals surface area contributed by atoms with Gasteiger partial charge in [-0.05, 0) is 17.4 Å². The normalized spacial score (nSPS) is 12.4. The summed E-state index contributed by atoms with van der Waals surface area (Å²) in [6.07, 6.45) is 0. The smallest absolute Gasteiger partial charge is 0.318 e. The third kappa shape index (κ3) is 2.55. The third-order valence-corrected chi connectivity index (χ3v) is 3.01. The van der Waals surface area contributed by atoms with E-state index in [0.717, 1.165) is 0 Å². The Morgan fingerprint density at radius 3 is 1.72 bits per heavy atom. The fourth-order valence-electron chi connectivity index (χ4n) is 1.55. The van der Waals surface area contributed by atoms with Crippen molar-refractivity contribution in [1.82, 2.24) is 0 Å². The summed E-state index contributed by atoms with van der Waals surface area (Å²) in [5.74, 6) is -0.804. The number of hydrogen-bond acceptors (Lipinski definition) is 5. The van der Waals surface area contributed by atoms with E-state index in [1.807, 2.05) is 20.8 Å². The van der Waals surface area contributed by atoms with E-state index < -0.39 is 27.0 Å². The molecular weight excluding hydrogens is 240 g/mol. The van der Waals surface area contributed by atoms with Crippen LogP contribution in [0.5, 0.6) is 5.75 Å². The second-order valence-electron chi connectivity index (χ2n) is 4.45. The van der Waals surface area contributed by atoms with Crippen molar-refractivity contribution in [2.75, 3.05) is 0 Å². The molecule has 1 unspecified atom stereocenters. The molecule has 0 aliphatic carbocycles. The topological polar surface area (TPSA) is 107 Å². The van der Waals surface area contributed by atoms with Crippen molar-refractivity contribution in [3.05, 3.63) is 37.9 Å². The summed E-state index contributed by atoms with van der Waals surface area (Å²) in [6, 6.07) is 2.38. The van der Waals surface area contributed by atoms with Crippen LogP contribution in [0.3, 0.4) is 0 Å². The van der Waals surface area contributed by atoms with Crippen LogP contribution >= 0.6 is 0 Å². The Hall–Kier alpha value is -2.18. The summed E-state index contributed by atoms with van der Waals surface area (Å²) < 4.78 is 0. The Morgan fingerprint density at radius 2 is 1.44 bits per heavy atom. The molecule has 0 saturated heterocycles. The zero-order chi connectivity index (χ0) is 14.0. The van der Waals surface area contributed by atoms with Gasteiger partial charge in [-0.2, -0.15) is 0 Å². The van der Waals surface area contributed by atoms with Crippen molar-refractivity contribution >= 4 is 11.4 Å². The highest BCUT2D eigenvalue weighted by molar-refractivity contribution is 5.61. The maximum Gasteiger partial charge on any atom is 0.318 e. The second kappa shape index (κ2) is 4.99. The monoisotopic (exact) mass is 254 g/mol. The summed E-state index contributed by atoms with van der Waals surface area (Å²) in [4.78, 5) is 19.9. The van der Waals surface area contributed by atoms with Gasteiger partial charge in [0.15, 0.2) is 0 Å². The van der Waals surface area contributed by atoms with Crippen molar-refractivity contribution in [1.29, 1.82) is 0 Å². The van der Waals surface area contributed by atoms with E-state index in [0.29, 0.717) is 5.56 Å². The number of hydrogen-bond donors (Lipinski definition) is 1. The Balaban J connectivity index is 3.47. The van der Waals surface area contributed by atoms with Gasteiger partial charge in [-0.3, -0.25) is 20.2 Å². The lowest BCUT2D eigenvalue weighted by atomic mass is 9.89. The average Bonchev–Trinajstić information content (AvgIpc) is 2.27. The molecule has 7 heteroatoms. The van der Waals surface area contributed by atoms with E-state index in [1.54, 1.807) is 0 Å². The van der Waals surface area contributed by atoms with Crippen LogP contribution in [0.25, 0.3) is 0 Å². The van der Waals surface area contributed by atoms with Crippen molar-refractivity contribution in [2.45, 2.75) is 26.7 Å². The zero-order valence-electron chi connectivity index (χ0n) is 10.3. The standard InChI is InChI=1S/C11H14N2O5/c1-6(2)7(3)8-4-9(12(15)16)11(14)10(5-8)13(17)18/h4-7,14H,1-3H3. The first-order valence-electron chi connectivity index (χ1n) is 5.41. The van der Waals surface area contributed by atoms with Crippen molar-refractivity contribution < 1.29 is 15.0 Å². The minimum Gasteiger partial charge on any atom is -0.497 e. The van der Waals surface area contributed by atoms with Crippen LogP contribution in [-0.2, 0) is 0 Å². The molecule has 1 aromatic carbocycles. The molecular formula is C11H14N2O5. The molecule has 98 valence electrons. The van der Waals surface area contributed by atoms with Gasteiger partial charge in [0.25, 0.3) is 5.75 Å². The van der Waals surface area contributed by atoms with E-state index in [-0.39, 0.29) is 11.8 Å². The van der Waals surface area contributed by atoms with Crippen LogP contribution in [0, 0.1) is 26.1 Å². The van der Waals surface area contributed by atoms with Gasteiger partial charge in [0, 0.05) is 12.1 Å². The van der Waals surface area contributed by atoms with Crippen molar-refractivity contribution in [3.8, 4) is 5.75 Å². The summed E-state index contributed by atoms with van der Waals surface area (Å²) >= 11 is 0. The SMILES string of the molecule is CC(C)C(C)c1cc([N+](=O)[O-])c(O)c([N+](=O)[O-])c1. The fourth-order valence-corrected chi connectivity index (χ4v) is 1.55. The molecule has 0 heterocycles. The number of rotatable bonds is 4. The van der Waals surface area contributed by atoms with Crippen LogP contribution in [0.4, 0.5) is 11.4 Å². The Labute approximate surface area is 103 Å². The summed E-state index contributed by atoms with van der Waals surface area (Å²) in [5.41, 5.74) is -0.792. The average molecular weight is 254 g/mol. The van der Waals surface area contributed by atoms with Crippen LogP contribution in [-0.4, -0.2) is 15.0 Å². The highest BCUT2D eigenvalue weighted by atomic mass is 16.6.